The number of nitrogens with two attached hydrogens (primary N) is 1. The third kappa shape index (κ3) is 4.23. The van der Waals surface area contributed by atoms with Gasteiger partial charge in [0.05, 0.1) is 6.04 Å². The Morgan fingerprint density at radius 1 is 0.938 bits per heavy atom. The summed E-state index contributed by atoms with van der Waals surface area (Å²) in [4.78, 5) is 15.0. The van der Waals surface area contributed by atoms with Crippen LogP contribution in [0.15, 0.2) is 0 Å². The Morgan fingerprint density at radius 2 is 1.69 bits per heavy atom. The number of hydrogen-bond acceptors (Lipinski definition) is 3. The second kappa shape index (κ2) is 9.68. The minimum Gasteiger partial charge on any atom is -0.330 e. The van der Waals surface area contributed by atoms with Crippen LogP contribution in [0.5, 0.6) is 0 Å². The van der Waals surface area contributed by atoms with Crippen molar-refractivity contribution in [3.05, 3.63) is 0 Å². The molecule has 0 amide bonds. The van der Waals surface area contributed by atoms with E-state index in [1.54, 1.807) is 0 Å². The van der Waals surface area contributed by atoms with Gasteiger partial charge in [-0.2, -0.15) is 0 Å². The van der Waals surface area contributed by atoms with Gasteiger partial charge in [-0.05, 0) is 131 Å². The van der Waals surface area contributed by atoms with Gasteiger partial charge in [0, 0.05) is 6.42 Å². The summed E-state index contributed by atoms with van der Waals surface area (Å²) in [5.41, 5.74) is 6.93. The van der Waals surface area contributed by atoms with E-state index in [1.807, 2.05) is 14.1 Å². The Kier molecular flexibility index (Phi) is 7.48. The van der Waals surface area contributed by atoms with E-state index in [4.69, 9.17) is 5.73 Å². The van der Waals surface area contributed by atoms with Crippen molar-refractivity contribution in [2.75, 3.05) is 20.6 Å². The molecule has 9 atom stereocenters. The summed E-state index contributed by atoms with van der Waals surface area (Å²) in [5, 5.41) is 0. The smallest absolute Gasteiger partial charge is 0.150 e. The van der Waals surface area contributed by atoms with E-state index in [2.05, 4.69) is 25.7 Å². The first-order valence-electron chi connectivity index (χ1n) is 14.1. The Bertz CT molecular complexity index is 662. The standard InChI is InChI=1S/C29H52N2O/c1-20(9-14-27(32)26(16-19-30)31(4)5)23-12-13-24-22-11-10-21-8-6-7-17-28(21,2)25(22)15-18-29(23,24)3/h20-26H,6-19,30H2,1-5H3/t20-,21?,22+,23-,24+,25+,26?,28+,29-/m1/s1. The van der Waals surface area contributed by atoms with E-state index in [0.29, 0.717) is 29.1 Å². The predicted molar refractivity (Wildman–Crippen MR) is 134 cm³/mol. The molecule has 0 heterocycles. The quantitative estimate of drug-likeness (QED) is 0.478. The van der Waals surface area contributed by atoms with Crippen molar-refractivity contribution in [2.45, 2.75) is 110 Å². The molecule has 2 N–H and O–H groups in total. The first-order valence-corrected chi connectivity index (χ1v) is 14.1. The molecule has 0 radical (unpaired) electrons. The second-order valence-electron chi connectivity index (χ2n) is 13.2. The highest BCUT2D eigenvalue weighted by Crippen LogP contribution is 2.68. The number of likely N-dealkylation sites (N-methyl/N-ethyl adjacent to an activating group) is 1. The fourth-order valence-electron chi connectivity index (χ4n) is 9.87. The van der Waals surface area contributed by atoms with Crippen LogP contribution in [-0.4, -0.2) is 37.4 Å². The van der Waals surface area contributed by atoms with Crippen LogP contribution in [0.1, 0.15) is 104 Å². The molecule has 0 spiro atoms. The molecule has 0 aromatic rings. The summed E-state index contributed by atoms with van der Waals surface area (Å²) in [7, 11) is 4.04. The third-order valence-electron chi connectivity index (χ3n) is 11.6. The number of Topliss-reactive ketones (excluding diaryl/α,β-unsaturated/α-hetero) is 1. The van der Waals surface area contributed by atoms with E-state index in [1.165, 1.54) is 64.2 Å². The number of ketones is 1. The molecular weight excluding hydrogens is 392 g/mol. The average Bonchev–Trinajstić information content (AvgIpc) is 3.12. The lowest BCUT2D eigenvalue weighted by molar-refractivity contribution is -0.124. The molecule has 4 rings (SSSR count). The predicted octanol–water partition coefficient (Wildman–Crippen LogP) is 6.30. The van der Waals surface area contributed by atoms with E-state index in [-0.39, 0.29) is 6.04 Å². The van der Waals surface area contributed by atoms with Gasteiger partial charge in [-0.15, -0.1) is 0 Å². The number of nitrogens with zero attached hydrogens (tertiary/aromatic N) is 1. The number of carbonyl (C=O) groups excluding carboxylic acids is 1. The van der Waals surface area contributed by atoms with Crippen LogP contribution in [-0.2, 0) is 4.79 Å². The van der Waals surface area contributed by atoms with Gasteiger partial charge in [0.1, 0.15) is 5.78 Å². The Balaban J connectivity index is 1.41. The molecule has 32 heavy (non-hydrogen) atoms. The van der Waals surface area contributed by atoms with E-state index in [9.17, 15) is 4.79 Å². The van der Waals surface area contributed by atoms with E-state index < -0.39 is 0 Å². The lowest BCUT2D eigenvalue weighted by Gasteiger charge is -2.61. The van der Waals surface area contributed by atoms with Gasteiger partial charge in [0.25, 0.3) is 0 Å². The van der Waals surface area contributed by atoms with Gasteiger partial charge in [-0.25, -0.2) is 0 Å². The van der Waals surface area contributed by atoms with Gasteiger partial charge < -0.3 is 5.73 Å². The number of rotatable bonds is 8. The second-order valence-corrected chi connectivity index (χ2v) is 13.2. The monoisotopic (exact) mass is 444 g/mol. The van der Waals surface area contributed by atoms with Crippen LogP contribution in [0.4, 0.5) is 0 Å². The molecule has 0 aromatic carbocycles. The molecule has 2 unspecified atom stereocenters. The van der Waals surface area contributed by atoms with Crippen LogP contribution in [0.25, 0.3) is 0 Å². The van der Waals surface area contributed by atoms with Gasteiger partial charge in [0.2, 0.25) is 0 Å². The minimum atomic E-state index is 0.000902. The molecule has 4 saturated carbocycles. The molecule has 0 saturated heterocycles. The number of fused-ring (bicyclic) bond motifs is 5. The van der Waals surface area contributed by atoms with Crippen LogP contribution in [0, 0.1) is 46.3 Å². The molecule has 0 bridgehead atoms. The highest BCUT2D eigenvalue weighted by Gasteiger charge is 2.60. The molecule has 3 heteroatoms. The molecule has 0 aliphatic heterocycles. The van der Waals surface area contributed by atoms with Crippen molar-refractivity contribution in [3.8, 4) is 0 Å². The first kappa shape index (κ1) is 24.7. The maximum absolute atomic E-state index is 12.9. The zero-order chi connectivity index (χ0) is 23.1. The average molecular weight is 445 g/mol. The molecule has 184 valence electrons. The van der Waals surface area contributed by atoms with Gasteiger partial charge in [-0.1, -0.05) is 33.6 Å². The molecule has 0 aromatic heterocycles. The van der Waals surface area contributed by atoms with Crippen molar-refractivity contribution in [2.24, 2.45) is 52.1 Å². The van der Waals surface area contributed by atoms with Crippen molar-refractivity contribution in [1.82, 2.24) is 4.90 Å². The van der Waals surface area contributed by atoms with E-state index >= 15 is 0 Å². The van der Waals surface area contributed by atoms with Crippen molar-refractivity contribution in [1.29, 1.82) is 0 Å². The maximum Gasteiger partial charge on any atom is 0.150 e. The lowest BCUT2D eigenvalue weighted by atomic mass is 9.44. The molecule has 4 fully saturated rings. The molecule has 4 aliphatic carbocycles. The van der Waals surface area contributed by atoms with E-state index in [0.717, 1.165) is 48.9 Å². The highest BCUT2D eigenvalue weighted by molar-refractivity contribution is 5.83. The third-order valence-corrected chi connectivity index (χ3v) is 11.6. The fourth-order valence-corrected chi connectivity index (χ4v) is 9.87. The Morgan fingerprint density at radius 3 is 2.41 bits per heavy atom. The first-order chi connectivity index (χ1) is 15.2. The van der Waals surface area contributed by atoms with Crippen molar-refractivity contribution < 1.29 is 4.79 Å². The van der Waals surface area contributed by atoms with Crippen molar-refractivity contribution in [3.63, 3.8) is 0 Å². The Labute approximate surface area is 198 Å². The molecular formula is C29H52N2O. The number of carbonyl (C=O) groups is 1. The van der Waals surface area contributed by atoms with Crippen LogP contribution in [0.2, 0.25) is 0 Å². The number of hydrogen-bond donors (Lipinski definition) is 1. The summed E-state index contributed by atoms with van der Waals surface area (Å²) in [6, 6.07) is 0.000902. The van der Waals surface area contributed by atoms with Gasteiger partial charge in [-0.3, -0.25) is 9.69 Å². The van der Waals surface area contributed by atoms with Crippen LogP contribution >= 0.6 is 0 Å². The maximum atomic E-state index is 12.9. The van der Waals surface area contributed by atoms with Crippen LogP contribution in [0.3, 0.4) is 0 Å². The largest absolute Gasteiger partial charge is 0.330 e. The lowest BCUT2D eigenvalue weighted by Crippen LogP contribution is -2.53. The summed E-state index contributed by atoms with van der Waals surface area (Å²) in [6.07, 6.45) is 17.3. The fraction of sp³-hybridized carbons (Fsp3) is 0.966. The molecule has 3 nitrogen and oxygen atoms in total. The summed E-state index contributed by atoms with van der Waals surface area (Å²) >= 11 is 0. The summed E-state index contributed by atoms with van der Waals surface area (Å²) < 4.78 is 0. The zero-order valence-corrected chi connectivity index (χ0v) is 21.9. The van der Waals surface area contributed by atoms with Crippen LogP contribution < -0.4 is 5.73 Å². The zero-order valence-electron chi connectivity index (χ0n) is 21.9. The summed E-state index contributed by atoms with van der Waals surface area (Å²) in [6.45, 7) is 8.41. The normalized spacial score (nSPS) is 43.3. The highest BCUT2D eigenvalue weighted by atomic mass is 16.1. The molecule has 4 aliphatic rings. The van der Waals surface area contributed by atoms with Crippen molar-refractivity contribution >= 4 is 5.78 Å². The SMILES string of the molecule is C[C@H](CCC(=O)C(CCN)N(C)C)[C@H]1CC[C@H]2[C@@H]3CCC4CCCC[C@]4(C)[C@H]3CC[C@]12C. The minimum absolute atomic E-state index is 0.000902. The Hall–Kier alpha value is -0.410. The van der Waals surface area contributed by atoms with Gasteiger partial charge >= 0.3 is 0 Å². The van der Waals surface area contributed by atoms with Gasteiger partial charge in [0.15, 0.2) is 0 Å². The summed E-state index contributed by atoms with van der Waals surface area (Å²) in [5.74, 6) is 5.80. The topological polar surface area (TPSA) is 46.3 Å².